The molecule has 138 valence electrons. The van der Waals surface area contributed by atoms with Gasteiger partial charge >= 0.3 is 6.36 Å². The zero-order chi connectivity index (χ0) is 17.2. The molecule has 2 fully saturated rings. The van der Waals surface area contributed by atoms with E-state index in [1.807, 2.05) is 0 Å². The lowest BCUT2D eigenvalue weighted by molar-refractivity contribution is -0.345. The number of allylic oxidation sites excluding steroid dienone is 2. The first-order valence-electron chi connectivity index (χ1n) is 9.60. The number of hydrogen-bond donors (Lipinski definition) is 1. The van der Waals surface area contributed by atoms with E-state index in [0.29, 0.717) is 24.8 Å². The van der Waals surface area contributed by atoms with Crippen molar-refractivity contribution < 1.29 is 17.9 Å². The first kappa shape index (κ1) is 18.2. The standard InChI is InChI=1S/C19H30F3NO/c20-19(21,22)24-18-11-7-16(8-12-18)14-3-1-13(2-4-14)15-5-9-17(23)10-6-15/h3,13,15-18H,1-2,4-12,23H2/t13-,15?,16?,17?,18?/m0/s1. The van der Waals surface area contributed by atoms with Gasteiger partial charge in [-0.05, 0) is 88.4 Å². The summed E-state index contributed by atoms with van der Waals surface area (Å²) in [4.78, 5) is 0. The molecule has 2 nitrogen and oxygen atoms in total. The second kappa shape index (κ2) is 7.77. The molecule has 24 heavy (non-hydrogen) atoms. The van der Waals surface area contributed by atoms with Crippen molar-refractivity contribution in [2.75, 3.05) is 0 Å². The molecule has 2 saturated carbocycles. The fourth-order valence-electron chi connectivity index (χ4n) is 5.03. The highest BCUT2D eigenvalue weighted by molar-refractivity contribution is 5.12. The first-order chi connectivity index (χ1) is 11.4. The van der Waals surface area contributed by atoms with Crippen LogP contribution in [0.15, 0.2) is 11.6 Å². The maximum atomic E-state index is 12.3. The Kier molecular flexibility index (Phi) is 5.91. The molecule has 3 rings (SSSR count). The molecule has 0 aliphatic heterocycles. The van der Waals surface area contributed by atoms with Crippen LogP contribution in [0.25, 0.3) is 0 Å². The van der Waals surface area contributed by atoms with Crippen LogP contribution in [0, 0.1) is 17.8 Å². The second-order valence-electron chi connectivity index (χ2n) is 8.03. The number of ether oxygens (including phenoxy) is 1. The Labute approximate surface area is 143 Å². The third-order valence-electron chi connectivity index (χ3n) is 6.47. The summed E-state index contributed by atoms with van der Waals surface area (Å²) in [5, 5.41) is 0. The molecule has 3 aliphatic rings. The Bertz CT molecular complexity index is 432. The van der Waals surface area contributed by atoms with Gasteiger partial charge in [-0.2, -0.15) is 0 Å². The fourth-order valence-corrected chi connectivity index (χ4v) is 5.03. The molecule has 1 atom stereocenters. The summed E-state index contributed by atoms with van der Waals surface area (Å²) in [5.74, 6) is 2.11. The second-order valence-corrected chi connectivity index (χ2v) is 8.03. The molecular weight excluding hydrogens is 315 g/mol. The van der Waals surface area contributed by atoms with Gasteiger partial charge in [-0.1, -0.05) is 11.6 Å². The summed E-state index contributed by atoms with van der Waals surface area (Å²) < 4.78 is 41.1. The van der Waals surface area contributed by atoms with Crippen LogP contribution in [0.3, 0.4) is 0 Å². The smallest absolute Gasteiger partial charge is 0.328 e. The molecule has 0 spiro atoms. The van der Waals surface area contributed by atoms with E-state index >= 15 is 0 Å². The normalized spacial score (nSPS) is 38.7. The summed E-state index contributed by atoms with van der Waals surface area (Å²) in [7, 11) is 0. The molecule has 0 aromatic heterocycles. The minimum atomic E-state index is -4.49. The molecule has 0 unspecified atom stereocenters. The molecule has 0 aromatic carbocycles. The van der Waals surface area contributed by atoms with Gasteiger partial charge in [0, 0.05) is 6.04 Å². The van der Waals surface area contributed by atoms with Crippen molar-refractivity contribution in [3.63, 3.8) is 0 Å². The van der Waals surface area contributed by atoms with Gasteiger partial charge in [0.2, 0.25) is 0 Å². The van der Waals surface area contributed by atoms with Gasteiger partial charge < -0.3 is 5.73 Å². The molecule has 0 amide bonds. The van der Waals surface area contributed by atoms with E-state index < -0.39 is 12.5 Å². The molecule has 5 heteroatoms. The van der Waals surface area contributed by atoms with Crippen LogP contribution in [0.5, 0.6) is 0 Å². The third-order valence-corrected chi connectivity index (χ3v) is 6.47. The van der Waals surface area contributed by atoms with Gasteiger partial charge in [-0.3, -0.25) is 4.74 Å². The van der Waals surface area contributed by atoms with E-state index in [0.717, 1.165) is 37.5 Å². The highest BCUT2D eigenvalue weighted by Crippen LogP contribution is 2.42. The van der Waals surface area contributed by atoms with Gasteiger partial charge in [0.25, 0.3) is 0 Å². The molecule has 0 heterocycles. The Balaban J connectivity index is 1.44. The topological polar surface area (TPSA) is 35.2 Å². The van der Waals surface area contributed by atoms with Crippen molar-refractivity contribution in [1.82, 2.24) is 0 Å². The minimum Gasteiger partial charge on any atom is -0.328 e. The maximum absolute atomic E-state index is 12.3. The Hall–Kier alpha value is -0.550. The summed E-state index contributed by atoms with van der Waals surface area (Å²) in [6, 6.07) is 0.407. The van der Waals surface area contributed by atoms with Crippen molar-refractivity contribution >= 4 is 0 Å². The molecule has 0 bridgehead atoms. The Morgan fingerprint density at radius 3 is 2.08 bits per heavy atom. The summed E-state index contributed by atoms with van der Waals surface area (Å²) in [6.07, 6.45) is 8.48. The van der Waals surface area contributed by atoms with E-state index in [2.05, 4.69) is 10.8 Å². The minimum absolute atomic E-state index is 0.407. The van der Waals surface area contributed by atoms with Crippen molar-refractivity contribution in [2.24, 2.45) is 23.5 Å². The van der Waals surface area contributed by atoms with E-state index in [1.165, 1.54) is 37.7 Å². The molecule has 2 N–H and O–H groups in total. The van der Waals surface area contributed by atoms with E-state index in [-0.39, 0.29) is 0 Å². The van der Waals surface area contributed by atoms with Gasteiger partial charge in [-0.25, -0.2) is 0 Å². The fraction of sp³-hybridized carbons (Fsp3) is 0.895. The summed E-state index contributed by atoms with van der Waals surface area (Å²) in [6.45, 7) is 0. The largest absolute Gasteiger partial charge is 0.522 e. The van der Waals surface area contributed by atoms with Crippen LogP contribution in [-0.4, -0.2) is 18.5 Å². The monoisotopic (exact) mass is 345 g/mol. The lowest BCUT2D eigenvalue weighted by atomic mass is 9.70. The van der Waals surface area contributed by atoms with Crippen LogP contribution >= 0.6 is 0 Å². The average molecular weight is 345 g/mol. The number of nitrogens with two attached hydrogens (primary N) is 1. The Morgan fingerprint density at radius 2 is 1.54 bits per heavy atom. The highest BCUT2D eigenvalue weighted by atomic mass is 19.4. The predicted molar refractivity (Wildman–Crippen MR) is 88.2 cm³/mol. The number of halogens is 3. The van der Waals surface area contributed by atoms with Crippen molar-refractivity contribution in [3.8, 4) is 0 Å². The van der Waals surface area contributed by atoms with Gasteiger partial charge in [0.15, 0.2) is 0 Å². The van der Waals surface area contributed by atoms with Gasteiger partial charge in [0.1, 0.15) is 0 Å². The van der Waals surface area contributed by atoms with Crippen LogP contribution in [-0.2, 0) is 4.74 Å². The zero-order valence-electron chi connectivity index (χ0n) is 14.4. The van der Waals surface area contributed by atoms with Crippen LogP contribution in [0.4, 0.5) is 13.2 Å². The average Bonchev–Trinajstić information content (AvgIpc) is 2.55. The number of alkyl halides is 3. The summed E-state index contributed by atoms with van der Waals surface area (Å²) >= 11 is 0. The molecule has 0 aromatic rings. The maximum Gasteiger partial charge on any atom is 0.522 e. The summed E-state index contributed by atoms with van der Waals surface area (Å²) in [5.41, 5.74) is 7.51. The highest BCUT2D eigenvalue weighted by Gasteiger charge is 2.36. The molecule has 3 aliphatic carbocycles. The number of hydrogen-bond acceptors (Lipinski definition) is 2. The van der Waals surface area contributed by atoms with E-state index in [4.69, 9.17) is 5.73 Å². The van der Waals surface area contributed by atoms with Crippen molar-refractivity contribution in [3.05, 3.63) is 11.6 Å². The molecular formula is C19H30F3NO. The molecule has 0 radical (unpaired) electrons. The lowest BCUT2D eigenvalue weighted by Gasteiger charge is -2.37. The lowest BCUT2D eigenvalue weighted by Crippen LogP contribution is -2.31. The van der Waals surface area contributed by atoms with Crippen LogP contribution < -0.4 is 5.73 Å². The van der Waals surface area contributed by atoms with Gasteiger partial charge in [0.05, 0.1) is 6.10 Å². The Morgan fingerprint density at radius 1 is 0.875 bits per heavy atom. The van der Waals surface area contributed by atoms with Crippen molar-refractivity contribution in [2.45, 2.75) is 89.1 Å². The quantitative estimate of drug-likeness (QED) is 0.702. The van der Waals surface area contributed by atoms with E-state index in [1.54, 1.807) is 0 Å². The third kappa shape index (κ3) is 4.98. The predicted octanol–water partition coefficient (Wildman–Crippen LogP) is 5.33. The van der Waals surface area contributed by atoms with Crippen LogP contribution in [0.2, 0.25) is 0 Å². The van der Waals surface area contributed by atoms with Gasteiger partial charge in [-0.15, -0.1) is 13.2 Å². The number of rotatable bonds is 3. The molecule has 0 saturated heterocycles. The zero-order valence-corrected chi connectivity index (χ0v) is 14.4. The van der Waals surface area contributed by atoms with E-state index in [9.17, 15) is 13.2 Å². The first-order valence-corrected chi connectivity index (χ1v) is 9.60. The SMILES string of the molecule is NC1CCC([C@H]2CC=C(C3CCC(OC(F)(F)F)CC3)CC2)CC1. The van der Waals surface area contributed by atoms with Crippen LogP contribution in [0.1, 0.15) is 70.6 Å². The van der Waals surface area contributed by atoms with Crippen molar-refractivity contribution in [1.29, 1.82) is 0 Å².